The predicted molar refractivity (Wildman–Crippen MR) is 61.2 cm³/mol. The van der Waals surface area contributed by atoms with Gasteiger partial charge in [0.15, 0.2) is 0 Å². The number of nitrogens with zero attached hydrogens (tertiary/aromatic N) is 2. The topological polar surface area (TPSA) is 47.3 Å². The number of aryl methyl sites for hydroxylation is 1. The highest BCUT2D eigenvalue weighted by molar-refractivity contribution is 5.04. The Labute approximate surface area is 96.3 Å². The van der Waals surface area contributed by atoms with Crippen molar-refractivity contribution in [2.24, 2.45) is 5.92 Å². The molecule has 1 saturated carbocycles. The molecule has 16 heavy (non-hydrogen) atoms. The normalized spacial score (nSPS) is 19.7. The third-order valence-corrected chi connectivity index (χ3v) is 3.34. The molecule has 4 heteroatoms. The van der Waals surface area contributed by atoms with E-state index < -0.39 is 5.60 Å². The minimum atomic E-state index is -0.729. The second kappa shape index (κ2) is 4.55. The molecule has 0 spiro atoms. The van der Waals surface area contributed by atoms with Crippen LogP contribution in [-0.4, -0.2) is 34.0 Å². The molecule has 1 aliphatic carbocycles. The number of hydrogen-bond acceptors (Lipinski definition) is 3. The molecule has 0 saturated heterocycles. The average molecular weight is 224 g/mol. The first-order valence-electron chi connectivity index (χ1n) is 5.91. The van der Waals surface area contributed by atoms with Gasteiger partial charge in [0, 0.05) is 32.5 Å². The highest BCUT2D eigenvalue weighted by Gasteiger charge is 2.44. The second-order valence-corrected chi connectivity index (χ2v) is 4.62. The maximum absolute atomic E-state index is 10.6. The van der Waals surface area contributed by atoms with Crippen molar-refractivity contribution in [3.05, 3.63) is 18.2 Å². The van der Waals surface area contributed by atoms with E-state index in [2.05, 4.69) is 16.5 Å². The van der Waals surface area contributed by atoms with Crippen LogP contribution in [-0.2, 0) is 17.7 Å². The standard InChI is InChI=1S/C12H20N2O2/c1-3-14-7-6-13-11(14)8-12(15,9-16-2)10-4-5-10/h6-7,10,15H,3-5,8-9H2,1-2H3. The number of methoxy groups -OCH3 is 1. The Morgan fingerprint density at radius 3 is 2.94 bits per heavy atom. The number of imidazole rings is 1. The Bertz CT molecular complexity index is 347. The van der Waals surface area contributed by atoms with Gasteiger partial charge in [0.05, 0.1) is 12.2 Å². The molecule has 1 unspecified atom stereocenters. The number of rotatable bonds is 6. The lowest BCUT2D eigenvalue weighted by Gasteiger charge is -2.27. The predicted octanol–water partition coefficient (Wildman–Crippen LogP) is 1.23. The summed E-state index contributed by atoms with van der Waals surface area (Å²) in [5.74, 6) is 1.34. The molecule has 0 aliphatic heterocycles. The van der Waals surface area contributed by atoms with E-state index in [0.717, 1.165) is 25.2 Å². The van der Waals surface area contributed by atoms with E-state index in [4.69, 9.17) is 4.74 Å². The maximum Gasteiger partial charge on any atom is 0.111 e. The van der Waals surface area contributed by atoms with Crippen molar-refractivity contribution in [3.8, 4) is 0 Å². The molecular weight excluding hydrogens is 204 g/mol. The van der Waals surface area contributed by atoms with Gasteiger partial charge in [-0.3, -0.25) is 0 Å². The first kappa shape index (κ1) is 11.6. The molecule has 0 bridgehead atoms. The highest BCUT2D eigenvalue weighted by Crippen LogP contribution is 2.41. The maximum atomic E-state index is 10.6. The summed E-state index contributed by atoms with van der Waals surface area (Å²) in [5, 5.41) is 10.6. The lowest BCUT2D eigenvalue weighted by Crippen LogP contribution is -2.40. The van der Waals surface area contributed by atoms with E-state index in [-0.39, 0.29) is 0 Å². The van der Waals surface area contributed by atoms with E-state index >= 15 is 0 Å². The van der Waals surface area contributed by atoms with Gasteiger partial charge in [-0.15, -0.1) is 0 Å². The Morgan fingerprint density at radius 1 is 1.62 bits per heavy atom. The van der Waals surface area contributed by atoms with Crippen molar-refractivity contribution in [1.82, 2.24) is 9.55 Å². The third-order valence-electron chi connectivity index (χ3n) is 3.34. The lowest BCUT2D eigenvalue weighted by atomic mass is 9.94. The molecule has 1 aromatic rings. The largest absolute Gasteiger partial charge is 0.387 e. The van der Waals surface area contributed by atoms with Gasteiger partial charge in [-0.2, -0.15) is 0 Å². The van der Waals surface area contributed by atoms with Gasteiger partial charge in [0.1, 0.15) is 5.82 Å². The van der Waals surface area contributed by atoms with Gasteiger partial charge in [-0.1, -0.05) is 0 Å². The van der Waals surface area contributed by atoms with Crippen LogP contribution < -0.4 is 0 Å². The molecule has 0 amide bonds. The van der Waals surface area contributed by atoms with E-state index in [9.17, 15) is 5.11 Å². The SMILES string of the molecule is CCn1ccnc1CC(O)(COC)C1CC1. The van der Waals surface area contributed by atoms with Crippen molar-refractivity contribution < 1.29 is 9.84 Å². The van der Waals surface area contributed by atoms with Crippen LogP contribution >= 0.6 is 0 Å². The van der Waals surface area contributed by atoms with Gasteiger partial charge < -0.3 is 14.4 Å². The van der Waals surface area contributed by atoms with E-state index in [0.29, 0.717) is 18.9 Å². The number of aliphatic hydroxyl groups is 1. The zero-order chi connectivity index (χ0) is 11.6. The van der Waals surface area contributed by atoms with E-state index in [1.54, 1.807) is 13.3 Å². The first-order valence-corrected chi connectivity index (χ1v) is 5.91. The van der Waals surface area contributed by atoms with Crippen molar-refractivity contribution >= 4 is 0 Å². The average Bonchev–Trinajstić information content (AvgIpc) is 3.02. The summed E-state index contributed by atoms with van der Waals surface area (Å²) in [6.07, 6.45) is 6.54. The minimum absolute atomic E-state index is 0.384. The molecule has 4 nitrogen and oxygen atoms in total. The summed E-state index contributed by atoms with van der Waals surface area (Å²) < 4.78 is 7.22. The zero-order valence-electron chi connectivity index (χ0n) is 10.0. The van der Waals surface area contributed by atoms with Crippen LogP contribution in [0.5, 0.6) is 0 Å². The Kier molecular flexibility index (Phi) is 3.30. The van der Waals surface area contributed by atoms with Crippen LogP contribution in [0.1, 0.15) is 25.6 Å². The summed E-state index contributed by atoms with van der Waals surface area (Å²) in [4.78, 5) is 4.31. The fourth-order valence-electron chi connectivity index (χ4n) is 2.25. The first-order chi connectivity index (χ1) is 7.69. The molecule has 0 radical (unpaired) electrons. The Balaban J connectivity index is 2.10. The van der Waals surface area contributed by atoms with Gasteiger partial charge in [-0.25, -0.2) is 4.98 Å². The van der Waals surface area contributed by atoms with Crippen LogP contribution in [0.2, 0.25) is 0 Å². The van der Waals surface area contributed by atoms with Crippen LogP contribution in [0.25, 0.3) is 0 Å². The Morgan fingerprint density at radius 2 is 2.38 bits per heavy atom. The van der Waals surface area contributed by atoms with Crippen molar-refractivity contribution in [2.75, 3.05) is 13.7 Å². The molecule has 1 aliphatic rings. The number of hydrogen-bond donors (Lipinski definition) is 1. The van der Waals surface area contributed by atoms with Crippen molar-refractivity contribution in [2.45, 2.75) is 38.3 Å². The van der Waals surface area contributed by atoms with Crippen LogP contribution in [0.3, 0.4) is 0 Å². The number of ether oxygens (including phenoxy) is 1. The van der Waals surface area contributed by atoms with E-state index in [1.165, 1.54) is 0 Å². The monoisotopic (exact) mass is 224 g/mol. The minimum Gasteiger partial charge on any atom is -0.387 e. The van der Waals surface area contributed by atoms with Crippen molar-refractivity contribution in [3.63, 3.8) is 0 Å². The van der Waals surface area contributed by atoms with Gasteiger partial charge >= 0.3 is 0 Å². The van der Waals surface area contributed by atoms with Gasteiger partial charge in [-0.05, 0) is 25.7 Å². The summed E-state index contributed by atoms with van der Waals surface area (Å²) >= 11 is 0. The summed E-state index contributed by atoms with van der Waals surface area (Å²) in [5.41, 5.74) is -0.729. The Hall–Kier alpha value is -0.870. The smallest absolute Gasteiger partial charge is 0.111 e. The fraction of sp³-hybridized carbons (Fsp3) is 0.750. The molecule has 0 aromatic carbocycles. The van der Waals surface area contributed by atoms with Crippen molar-refractivity contribution in [1.29, 1.82) is 0 Å². The molecule has 1 N–H and O–H groups in total. The number of aromatic nitrogens is 2. The highest BCUT2D eigenvalue weighted by atomic mass is 16.5. The lowest BCUT2D eigenvalue weighted by molar-refractivity contribution is -0.0491. The van der Waals surface area contributed by atoms with Gasteiger partial charge in [0.2, 0.25) is 0 Å². The quantitative estimate of drug-likeness (QED) is 0.790. The molecule has 1 heterocycles. The van der Waals surface area contributed by atoms with Crippen LogP contribution in [0.4, 0.5) is 0 Å². The molecule has 1 atom stereocenters. The molecule has 90 valence electrons. The summed E-state index contributed by atoms with van der Waals surface area (Å²) in [7, 11) is 1.64. The molecule has 2 rings (SSSR count). The van der Waals surface area contributed by atoms with Crippen LogP contribution in [0, 0.1) is 5.92 Å². The van der Waals surface area contributed by atoms with Gasteiger partial charge in [0.25, 0.3) is 0 Å². The summed E-state index contributed by atoms with van der Waals surface area (Å²) in [6, 6.07) is 0. The molecule has 1 fully saturated rings. The zero-order valence-corrected chi connectivity index (χ0v) is 10.0. The molecular formula is C12H20N2O2. The third kappa shape index (κ3) is 2.28. The second-order valence-electron chi connectivity index (χ2n) is 4.62. The fourth-order valence-corrected chi connectivity index (χ4v) is 2.25. The molecule has 1 aromatic heterocycles. The summed E-state index contributed by atoms with van der Waals surface area (Å²) in [6.45, 7) is 3.37. The van der Waals surface area contributed by atoms with Crippen LogP contribution in [0.15, 0.2) is 12.4 Å². The van der Waals surface area contributed by atoms with E-state index in [1.807, 2.05) is 6.20 Å².